The second kappa shape index (κ2) is 5.56. The van der Waals surface area contributed by atoms with Crippen LogP contribution in [0.3, 0.4) is 0 Å². The summed E-state index contributed by atoms with van der Waals surface area (Å²) in [5, 5.41) is 2.14. The van der Waals surface area contributed by atoms with Crippen LogP contribution in [0.25, 0.3) is 0 Å². The van der Waals surface area contributed by atoms with E-state index in [0.717, 1.165) is 18.3 Å². The molecule has 0 saturated carbocycles. The number of amides is 1. The standard InChI is InChI=1S/C12H8ClFN2O3S/c13-20(18,19)11-5-4-10(7-15-11)16-12(17)8-2-1-3-9(14)6-8/h1-7H,(H,16,17). The van der Waals surface area contributed by atoms with Gasteiger partial charge in [0.25, 0.3) is 15.0 Å². The van der Waals surface area contributed by atoms with Crippen LogP contribution in [0.1, 0.15) is 10.4 Å². The highest BCUT2D eigenvalue weighted by Crippen LogP contribution is 2.15. The molecule has 0 radical (unpaired) electrons. The summed E-state index contributed by atoms with van der Waals surface area (Å²) in [6.45, 7) is 0. The van der Waals surface area contributed by atoms with Gasteiger partial charge in [0.15, 0.2) is 5.03 Å². The first-order valence-corrected chi connectivity index (χ1v) is 7.65. The predicted molar refractivity (Wildman–Crippen MR) is 71.6 cm³/mol. The minimum Gasteiger partial charge on any atom is -0.321 e. The average Bonchev–Trinajstić information content (AvgIpc) is 2.38. The van der Waals surface area contributed by atoms with Crippen molar-refractivity contribution >= 4 is 31.3 Å². The zero-order valence-corrected chi connectivity index (χ0v) is 11.5. The van der Waals surface area contributed by atoms with Crippen molar-refractivity contribution in [2.45, 2.75) is 5.03 Å². The molecule has 8 heteroatoms. The first kappa shape index (κ1) is 14.4. The Hall–Kier alpha value is -1.99. The lowest BCUT2D eigenvalue weighted by Crippen LogP contribution is -2.12. The molecule has 1 N–H and O–H groups in total. The van der Waals surface area contributed by atoms with Gasteiger partial charge in [-0.15, -0.1) is 0 Å². The van der Waals surface area contributed by atoms with Crippen LogP contribution in [-0.2, 0) is 9.05 Å². The number of hydrogen-bond donors (Lipinski definition) is 1. The number of benzene rings is 1. The summed E-state index contributed by atoms with van der Waals surface area (Å²) in [4.78, 5) is 15.4. The zero-order chi connectivity index (χ0) is 14.8. The van der Waals surface area contributed by atoms with E-state index >= 15 is 0 Å². The van der Waals surface area contributed by atoms with E-state index < -0.39 is 20.8 Å². The topological polar surface area (TPSA) is 76.1 Å². The van der Waals surface area contributed by atoms with E-state index in [1.165, 1.54) is 24.3 Å². The second-order valence-corrected chi connectivity index (χ2v) is 6.30. The normalized spacial score (nSPS) is 11.1. The SMILES string of the molecule is O=C(Nc1ccc(S(=O)(=O)Cl)nc1)c1cccc(F)c1. The second-order valence-electron chi connectivity index (χ2n) is 3.79. The molecule has 2 aromatic rings. The Balaban J connectivity index is 2.16. The van der Waals surface area contributed by atoms with Gasteiger partial charge in [0.05, 0.1) is 11.9 Å². The molecule has 1 aromatic carbocycles. The Bertz CT molecular complexity index is 748. The molecule has 0 spiro atoms. The van der Waals surface area contributed by atoms with E-state index in [1.807, 2.05) is 0 Å². The van der Waals surface area contributed by atoms with E-state index in [4.69, 9.17) is 10.7 Å². The molecule has 0 aliphatic carbocycles. The summed E-state index contributed by atoms with van der Waals surface area (Å²) < 4.78 is 35.0. The van der Waals surface area contributed by atoms with Gasteiger partial charge in [-0.1, -0.05) is 6.07 Å². The summed E-state index contributed by atoms with van der Waals surface area (Å²) >= 11 is 0. The molecule has 104 valence electrons. The smallest absolute Gasteiger partial charge is 0.278 e. The molecule has 2 rings (SSSR count). The molecule has 20 heavy (non-hydrogen) atoms. The van der Waals surface area contributed by atoms with Crippen molar-refractivity contribution in [3.8, 4) is 0 Å². The molecular formula is C12H8ClFN2O3S. The Morgan fingerprint density at radius 1 is 1.25 bits per heavy atom. The van der Waals surface area contributed by atoms with Gasteiger partial charge in [0, 0.05) is 16.2 Å². The Morgan fingerprint density at radius 3 is 2.55 bits per heavy atom. The van der Waals surface area contributed by atoms with Crippen LogP contribution in [0.15, 0.2) is 47.6 Å². The van der Waals surface area contributed by atoms with Crippen molar-refractivity contribution in [1.82, 2.24) is 4.98 Å². The fourth-order valence-corrected chi connectivity index (χ4v) is 2.11. The number of halogens is 2. The largest absolute Gasteiger partial charge is 0.321 e. The molecule has 0 unspecified atom stereocenters. The quantitative estimate of drug-likeness (QED) is 0.883. The van der Waals surface area contributed by atoms with Crippen molar-refractivity contribution in [2.24, 2.45) is 0 Å². The molecule has 0 bridgehead atoms. The maximum absolute atomic E-state index is 13.0. The van der Waals surface area contributed by atoms with Crippen molar-refractivity contribution < 1.29 is 17.6 Å². The van der Waals surface area contributed by atoms with E-state index in [0.29, 0.717) is 0 Å². The Kier molecular flexibility index (Phi) is 4.01. The minimum absolute atomic E-state index is 0.138. The summed E-state index contributed by atoms with van der Waals surface area (Å²) in [5.74, 6) is -1.06. The van der Waals surface area contributed by atoms with Gasteiger partial charge in [-0.05, 0) is 30.3 Å². The highest BCUT2D eigenvalue weighted by molar-refractivity contribution is 8.13. The van der Waals surface area contributed by atoms with Crippen molar-refractivity contribution in [1.29, 1.82) is 0 Å². The number of carbonyl (C=O) groups excluding carboxylic acids is 1. The lowest BCUT2D eigenvalue weighted by atomic mass is 10.2. The fourth-order valence-electron chi connectivity index (χ4n) is 1.43. The molecule has 0 atom stereocenters. The van der Waals surface area contributed by atoms with Crippen molar-refractivity contribution in [3.05, 3.63) is 54.0 Å². The highest BCUT2D eigenvalue weighted by Gasteiger charge is 2.12. The number of rotatable bonds is 3. The fraction of sp³-hybridized carbons (Fsp3) is 0. The molecule has 0 fully saturated rings. The number of hydrogen-bond acceptors (Lipinski definition) is 4. The monoisotopic (exact) mass is 314 g/mol. The van der Waals surface area contributed by atoms with Crippen molar-refractivity contribution in [3.63, 3.8) is 0 Å². The van der Waals surface area contributed by atoms with Gasteiger partial charge in [0.2, 0.25) is 0 Å². The zero-order valence-electron chi connectivity index (χ0n) is 9.88. The van der Waals surface area contributed by atoms with E-state index in [1.54, 1.807) is 0 Å². The molecule has 1 amide bonds. The minimum atomic E-state index is -3.91. The van der Waals surface area contributed by atoms with Gasteiger partial charge in [-0.3, -0.25) is 4.79 Å². The van der Waals surface area contributed by atoms with Gasteiger partial charge in [0.1, 0.15) is 5.82 Å². The summed E-state index contributed by atoms with van der Waals surface area (Å²) in [7, 11) is 1.20. The molecule has 0 saturated heterocycles. The summed E-state index contributed by atoms with van der Waals surface area (Å²) in [6.07, 6.45) is 1.15. The van der Waals surface area contributed by atoms with Crippen molar-refractivity contribution in [2.75, 3.05) is 5.32 Å². The molecule has 1 aromatic heterocycles. The maximum Gasteiger partial charge on any atom is 0.278 e. The molecule has 0 aliphatic heterocycles. The number of aromatic nitrogens is 1. The molecule has 0 aliphatic rings. The van der Waals surface area contributed by atoms with Crippen LogP contribution in [0, 0.1) is 5.82 Å². The average molecular weight is 315 g/mol. The predicted octanol–water partition coefficient (Wildman–Crippen LogP) is 2.40. The molecule has 1 heterocycles. The van der Waals surface area contributed by atoms with Crippen LogP contribution in [0.4, 0.5) is 10.1 Å². The third-order valence-corrected chi connectivity index (χ3v) is 3.55. The van der Waals surface area contributed by atoms with E-state index in [2.05, 4.69) is 10.3 Å². The Labute approximate surface area is 118 Å². The number of nitrogens with zero attached hydrogens (tertiary/aromatic N) is 1. The number of nitrogens with one attached hydrogen (secondary N) is 1. The van der Waals surface area contributed by atoms with Gasteiger partial charge in [-0.2, -0.15) is 0 Å². The number of carbonyl (C=O) groups is 1. The van der Waals surface area contributed by atoms with Crippen LogP contribution in [-0.4, -0.2) is 19.3 Å². The summed E-state index contributed by atoms with van der Waals surface area (Å²) in [6, 6.07) is 7.65. The number of pyridine rings is 1. The van der Waals surface area contributed by atoms with Gasteiger partial charge < -0.3 is 5.32 Å². The molecule has 5 nitrogen and oxygen atoms in total. The first-order chi connectivity index (χ1) is 9.36. The number of anilines is 1. The first-order valence-electron chi connectivity index (χ1n) is 5.34. The third kappa shape index (κ3) is 3.52. The Morgan fingerprint density at radius 2 is 2.00 bits per heavy atom. The van der Waals surface area contributed by atoms with Gasteiger partial charge >= 0.3 is 0 Å². The lowest BCUT2D eigenvalue weighted by Gasteiger charge is -2.05. The van der Waals surface area contributed by atoms with E-state index in [9.17, 15) is 17.6 Å². The lowest BCUT2D eigenvalue weighted by molar-refractivity contribution is 0.102. The molecular weight excluding hydrogens is 307 g/mol. The van der Waals surface area contributed by atoms with Crippen LogP contribution >= 0.6 is 10.7 Å². The van der Waals surface area contributed by atoms with Gasteiger partial charge in [-0.25, -0.2) is 17.8 Å². The van der Waals surface area contributed by atoms with Crippen LogP contribution < -0.4 is 5.32 Å². The maximum atomic E-state index is 13.0. The van der Waals surface area contributed by atoms with Crippen LogP contribution in [0.2, 0.25) is 0 Å². The third-order valence-electron chi connectivity index (χ3n) is 2.33. The highest BCUT2D eigenvalue weighted by atomic mass is 35.7. The van der Waals surface area contributed by atoms with Crippen LogP contribution in [0.5, 0.6) is 0 Å². The summed E-state index contributed by atoms with van der Waals surface area (Å²) in [5.41, 5.74) is 0.405. The van der Waals surface area contributed by atoms with E-state index in [-0.39, 0.29) is 16.3 Å².